The zero-order chi connectivity index (χ0) is 17.6. The van der Waals surface area contributed by atoms with Crippen molar-refractivity contribution in [1.82, 2.24) is 0 Å². The first-order valence-corrected chi connectivity index (χ1v) is 6.09. The molecule has 0 bridgehead atoms. The van der Waals surface area contributed by atoms with Crippen molar-refractivity contribution in [3.05, 3.63) is 56.8 Å². The number of ether oxygens (including phenoxy) is 1. The Kier molecular flexibility index (Phi) is 4.51. The van der Waals surface area contributed by atoms with Crippen molar-refractivity contribution in [1.29, 1.82) is 0 Å². The van der Waals surface area contributed by atoms with Crippen LogP contribution in [0.3, 0.4) is 0 Å². The fourth-order valence-electron chi connectivity index (χ4n) is 1.45. The molecule has 0 atom stereocenters. The molecule has 0 aromatic heterocycles. The predicted octanol–water partition coefficient (Wildman–Crippen LogP) is 5.49. The van der Waals surface area contributed by atoms with Gasteiger partial charge in [-0.15, -0.1) is 0 Å². The van der Waals surface area contributed by atoms with Crippen molar-refractivity contribution in [3.8, 4) is 11.5 Å². The minimum absolute atomic E-state index is 1.29. The minimum atomic E-state index is -2.56. The van der Waals surface area contributed by atoms with E-state index in [-0.39, 0.29) is 0 Å². The molecule has 0 aliphatic heterocycles. The van der Waals surface area contributed by atoms with E-state index in [4.69, 9.17) is 0 Å². The highest BCUT2D eigenvalue weighted by atomic mass is 79.9. The third kappa shape index (κ3) is 2.62. The van der Waals surface area contributed by atoms with Crippen LogP contribution in [0.1, 0.15) is 0 Å². The van der Waals surface area contributed by atoms with Gasteiger partial charge >= 0.3 is 0 Å². The summed E-state index contributed by atoms with van der Waals surface area (Å²) in [5, 5.41) is 0. The molecule has 0 unspecified atom stereocenters. The Hall–Kier alpha value is -1.91. The smallest absolute Gasteiger partial charge is 0.207 e. The van der Waals surface area contributed by atoms with Crippen molar-refractivity contribution in [2.24, 2.45) is 0 Å². The Balaban J connectivity index is 2.71. The van der Waals surface area contributed by atoms with Crippen molar-refractivity contribution in [3.63, 3.8) is 0 Å². The summed E-state index contributed by atoms with van der Waals surface area (Å²) in [7, 11) is 0. The fourth-order valence-corrected chi connectivity index (χ4v) is 1.80. The molecule has 124 valence electrons. The van der Waals surface area contributed by atoms with E-state index in [2.05, 4.69) is 20.7 Å². The number of hydrogen-bond donors (Lipinski definition) is 0. The second-order valence-electron chi connectivity index (χ2n) is 3.90. The van der Waals surface area contributed by atoms with Gasteiger partial charge in [0.25, 0.3) is 0 Å². The first-order chi connectivity index (χ1) is 10.6. The van der Waals surface area contributed by atoms with E-state index in [1.165, 1.54) is 0 Å². The molecule has 0 heterocycles. The molecule has 0 spiro atoms. The lowest BCUT2D eigenvalue weighted by Gasteiger charge is -2.12. The van der Waals surface area contributed by atoms with Crippen LogP contribution in [0.2, 0.25) is 0 Å². The van der Waals surface area contributed by atoms with E-state index < -0.39 is 68.3 Å². The molecule has 11 heteroatoms. The van der Waals surface area contributed by atoms with Gasteiger partial charge in [-0.1, -0.05) is 0 Å². The Morgan fingerprint density at radius 1 is 0.435 bits per heavy atom. The molecule has 0 amide bonds. The molecule has 2 aromatic rings. The molecule has 0 saturated carbocycles. The molecule has 0 aliphatic carbocycles. The summed E-state index contributed by atoms with van der Waals surface area (Å²) >= 11 is 2.16. The Labute approximate surface area is 129 Å². The molecule has 2 rings (SSSR count). The Morgan fingerprint density at radius 2 is 0.696 bits per heavy atom. The van der Waals surface area contributed by atoms with Crippen LogP contribution in [-0.2, 0) is 0 Å². The first kappa shape index (κ1) is 17.4. The summed E-state index contributed by atoms with van der Waals surface area (Å²) in [5.74, 6) is -25.4. The van der Waals surface area contributed by atoms with Gasteiger partial charge in [0.15, 0.2) is 11.6 Å². The topological polar surface area (TPSA) is 9.23 Å². The molecule has 2 aromatic carbocycles. The lowest BCUT2D eigenvalue weighted by atomic mass is 10.2. The van der Waals surface area contributed by atoms with Gasteiger partial charge in [-0.05, 0) is 15.9 Å². The summed E-state index contributed by atoms with van der Waals surface area (Å²) in [4.78, 5) is 0. The standard InChI is InChI=1S/C12BrF9O/c13-1-2(14)7(19)11(8(20)3(1)15)23-12-9(21)5(17)4(16)6(18)10(12)22. The first-order valence-electron chi connectivity index (χ1n) is 5.30. The summed E-state index contributed by atoms with van der Waals surface area (Å²) in [6.45, 7) is 0. The van der Waals surface area contributed by atoms with E-state index in [0.29, 0.717) is 0 Å². The maximum absolute atomic E-state index is 13.5. The highest BCUT2D eigenvalue weighted by Gasteiger charge is 2.31. The molecule has 0 fully saturated rings. The quantitative estimate of drug-likeness (QED) is 0.361. The Bertz CT molecular complexity index is 696. The largest absolute Gasteiger partial charge is 0.444 e. The summed E-state index contributed by atoms with van der Waals surface area (Å²) in [6, 6.07) is 0. The number of hydrogen-bond acceptors (Lipinski definition) is 1. The van der Waals surface area contributed by atoms with Gasteiger partial charge in [0, 0.05) is 0 Å². The molecule has 23 heavy (non-hydrogen) atoms. The van der Waals surface area contributed by atoms with Gasteiger partial charge in [-0.25, -0.2) is 22.0 Å². The van der Waals surface area contributed by atoms with Crippen molar-refractivity contribution >= 4 is 15.9 Å². The molecule has 1 nitrogen and oxygen atoms in total. The van der Waals surface area contributed by atoms with Crippen LogP contribution >= 0.6 is 15.9 Å². The van der Waals surface area contributed by atoms with Gasteiger partial charge in [-0.2, -0.15) is 17.6 Å². The van der Waals surface area contributed by atoms with Crippen molar-refractivity contribution in [2.45, 2.75) is 0 Å². The van der Waals surface area contributed by atoms with Crippen molar-refractivity contribution in [2.75, 3.05) is 0 Å². The van der Waals surface area contributed by atoms with Gasteiger partial charge in [0.05, 0.1) is 4.47 Å². The molecular weight excluding hydrogens is 411 g/mol. The zero-order valence-corrected chi connectivity index (χ0v) is 11.8. The number of halogens is 10. The average molecular weight is 411 g/mol. The van der Waals surface area contributed by atoms with E-state index in [9.17, 15) is 39.5 Å². The van der Waals surface area contributed by atoms with Gasteiger partial charge < -0.3 is 4.74 Å². The lowest BCUT2D eigenvalue weighted by molar-refractivity contribution is 0.307. The van der Waals surface area contributed by atoms with Gasteiger partial charge in [-0.3, -0.25) is 0 Å². The maximum Gasteiger partial charge on any atom is 0.207 e. The van der Waals surface area contributed by atoms with Crippen molar-refractivity contribution < 1.29 is 44.3 Å². The molecular formula is C12BrF9O. The summed E-state index contributed by atoms with van der Waals surface area (Å²) in [5.41, 5.74) is 0. The zero-order valence-electron chi connectivity index (χ0n) is 10.2. The number of rotatable bonds is 2. The van der Waals surface area contributed by atoms with Crippen LogP contribution in [0.5, 0.6) is 11.5 Å². The van der Waals surface area contributed by atoms with Crippen LogP contribution in [-0.4, -0.2) is 0 Å². The highest BCUT2D eigenvalue weighted by molar-refractivity contribution is 9.10. The molecule has 0 aliphatic rings. The molecule has 0 radical (unpaired) electrons. The van der Waals surface area contributed by atoms with E-state index in [1.54, 1.807) is 0 Å². The van der Waals surface area contributed by atoms with E-state index in [0.717, 1.165) is 0 Å². The molecule has 0 saturated heterocycles. The van der Waals surface area contributed by atoms with E-state index in [1.807, 2.05) is 0 Å². The summed E-state index contributed by atoms with van der Waals surface area (Å²) < 4.78 is 121. The average Bonchev–Trinajstić information content (AvgIpc) is 2.54. The maximum atomic E-state index is 13.5. The Morgan fingerprint density at radius 3 is 1.04 bits per heavy atom. The SMILES string of the molecule is Fc1c(F)c(F)c(Oc2c(F)c(F)c(Br)c(F)c2F)c(F)c1F. The van der Waals surface area contributed by atoms with Crippen LogP contribution in [0.15, 0.2) is 4.47 Å². The highest BCUT2D eigenvalue weighted by Crippen LogP contribution is 2.38. The van der Waals surface area contributed by atoms with Crippen LogP contribution in [0, 0.1) is 52.4 Å². The number of benzene rings is 2. The second kappa shape index (κ2) is 5.95. The monoisotopic (exact) mass is 410 g/mol. The second-order valence-corrected chi connectivity index (χ2v) is 4.69. The predicted molar refractivity (Wildman–Crippen MR) is 60.3 cm³/mol. The van der Waals surface area contributed by atoms with E-state index >= 15 is 0 Å². The summed E-state index contributed by atoms with van der Waals surface area (Å²) in [6.07, 6.45) is 0. The van der Waals surface area contributed by atoms with Crippen LogP contribution in [0.4, 0.5) is 39.5 Å². The van der Waals surface area contributed by atoms with Gasteiger partial charge in [0.1, 0.15) is 0 Å². The van der Waals surface area contributed by atoms with Crippen LogP contribution in [0.25, 0.3) is 0 Å². The normalized spacial score (nSPS) is 11.0. The molecule has 0 N–H and O–H groups in total. The van der Waals surface area contributed by atoms with Gasteiger partial charge in [0.2, 0.25) is 52.2 Å². The van der Waals surface area contributed by atoms with Crippen LogP contribution < -0.4 is 4.74 Å². The minimum Gasteiger partial charge on any atom is -0.444 e. The third-order valence-electron chi connectivity index (χ3n) is 2.54. The third-order valence-corrected chi connectivity index (χ3v) is 3.24. The fraction of sp³-hybridized carbons (Fsp3) is 0. The lowest BCUT2D eigenvalue weighted by Crippen LogP contribution is -2.07.